The Morgan fingerprint density at radius 3 is 2.08 bits per heavy atom. The van der Waals surface area contributed by atoms with Gasteiger partial charge in [-0.3, -0.25) is 4.79 Å². The van der Waals surface area contributed by atoms with Gasteiger partial charge in [-0.2, -0.15) is 26.3 Å². The van der Waals surface area contributed by atoms with Crippen molar-refractivity contribution in [2.75, 3.05) is 46.8 Å². The van der Waals surface area contributed by atoms with Gasteiger partial charge in [0.15, 0.2) is 0 Å². The zero-order valence-corrected chi connectivity index (χ0v) is 22.2. The van der Waals surface area contributed by atoms with Gasteiger partial charge in [-0.15, -0.1) is 0 Å². The second-order valence-electron chi connectivity index (χ2n) is 10.6. The highest BCUT2D eigenvalue weighted by molar-refractivity contribution is 5.94. The SMILES string of the molecule is CN(C)CCCN1CC(c2ccccc2)C2(CCN(C(=O)c3cc(C(F)(F)F)cc(C(F)(F)F)c3)CC2)OC1=O. The lowest BCUT2D eigenvalue weighted by Gasteiger charge is -2.50. The Balaban J connectivity index is 1.55. The van der Waals surface area contributed by atoms with Crippen LogP contribution in [0.25, 0.3) is 0 Å². The van der Waals surface area contributed by atoms with E-state index in [1.165, 1.54) is 4.90 Å². The van der Waals surface area contributed by atoms with Crippen molar-refractivity contribution in [3.63, 3.8) is 0 Å². The summed E-state index contributed by atoms with van der Waals surface area (Å²) in [5.41, 5.74) is -3.79. The van der Waals surface area contributed by atoms with Gasteiger partial charge in [0.2, 0.25) is 0 Å². The minimum Gasteiger partial charge on any atom is -0.442 e. The maximum Gasteiger partial charge on any atom is 0.416 e. The van der Waals surface area contributed by atoms with Crippen LogP contribution < -0.4 is 0 Å². The monoisotopic (exact) mass is 571 g/mol. The van der Waals surface area contributed by atoms with E-state index in [9.17, 15) is 35.9 Å². The summed E-state index contributed by atoms with van der Waals surface area (Å²) in [7, 11) is 3.88. The van der Waals surface area contributed by atoms with E-state index in [1.807, 2.05) is 49.3 Å². The molecule has 2 aliphatic heterocycles. The molecule has 2 saturated heterocycles. The van der Waals surface area contributed by atoms with Crippen LogP contribution in [0.4, 0.5) is 31.1 Å². The molecule has 2 aromatic carbocycles. The molecular weight excluding hydrogens is 540 g/mol. The quantitative estimate of drug-likeness (QED) is 0.406. The first-order chi connectivity index (χ1) is 18.7. The van der Waals surface area contributed by atoms with Crippen molar-refractivity contribution in [2.24, 2.45) is 0 Å². The Kier molecular flexibility index (Phi) is 8.39. The number of alkyl halides is 6. The van der Waals surface area contributed by atoms with Crippen molar-refractivity contribution in [3.05, 3.63) is 70.8 Å². The normalized spacial score (nSPS) is 19.7. The number of hydrogen-bond acceptors (Lipinski definition) is 4. The number of ether oxygens (including phenoxy) is 1. The van der Waals surface area contributed by atoms with Crippen molar-refractivity contribution in [2.45, 2.75) is 43.1 Å². The molecule has 0 saturated carbocycles. The van der Waals surface area contributed by atoms with Crippen LogP contribution >= 0.6 is 0 Å². The third kappa shape index (κ3) is 6.54. The smallest absolute Gasteiger partial charge is 0.416 e. The molecule has 40 heavy (non-hydrogen) atoms. The van der Waals surface area contributed by atoms with Crippen LogP contribution in [0.1, 0.15) is 52.2 Å². The molecule has 0 N–H and O–H groups in total. The summed E-state index contributed by atoms with van der Waals surface area (Å²) in [6, 6.07) is 10.4. The molecular formula is C28H31F6N3O3. The van der Waals surface area contributed by atoms with E-state index in [2.05, 4.69) is 0 Å². The van der Waals surface area contributed by atoms with Gasteiger partial charge < -0.3 is 19.4 Å². The van der Waals surface area contributed by atoms with Gasteiger partial charge in [0, 0.05) is 50.5 Å². The highest BCUT2D eigenvalue weighted by Crippen LogP contribution is 2.44. The van der Waals surface area contributed by atoms with Crippen LogP contribution in [0.2, 0.25) is 0 Å². The maximum absolute atomic E-state index is 13.3. The molecule has 1 atom stereocenters. The second kappa shape index (κ2) is 11.3. The number of likely N-dealkylation sites (tertiary alicyclic amines) is 1. The lowest BCUT2D eigenvalue weighted by Crippen LogP contribution is -2.59. The summed E-state index contributed by atoms with van der Waals surface area (Å²) >= 11 is 0. The van der Waals surface area contributed by atoms with Gasteiger partial charge in [-0.25, -0.2) is 4.79 Å². The van der Waals surface area contributed by atoms with Crippen LogP contribution in [-0.2, 0) is 17.1 Å². The predicted molar refractivity (Wildman–Crippen MR) is 135 cm³/mol. The average molecular weight is 572 g/mol. The van der Waals surface area contributed by atoms with E-state index < -0.39 is 46.6 Å². The molecule has 2 aromatic rings. The Morgan fingerprint density at radius 1 is 0.975 bits per heavy atom. The number of nitrogens with zero attached hydrogens (tertiary/aromatic N) is 3. The summed E-state index contributed by atoms with van der Waals surface area (Å²) in [6.07, 6.45) is -9.45. The van der Waals surface area contributed by atoms with E-state index in [0.29, 0.717) is 25.2 Å². The third-order valence-electron chi connectivity index (χ3n) is 7.55. The van der Waals surface area contributed by atoms with Crippen molar-refractivity contribution < 1.29 is 40.7 Å². The number of carbonyl (C=O) groups excluding carboxylic acids is 2. The van der Waals surface area contributed by atoms with Crippen molar-refractivity contribution in [1.82, 2.24) is 14.7 Å². The molecule has 2 fully saturated rings. The molecule has 2 heterocycles. The van der Waals surface area contributed by atoms with E-state index in [4.69, 9.17) is 4.74 Å². The van der Waals surface area contributed by atoms with Crippen molar-refractivity contribution in [3.8, 4) is 0 Å². The molecule has 218 valence electrons. The van der Waals surface area contributed by atoms with E-state index in [1.54, 1.807) is 4.90 Å². The Hall–Kier alpha value is -3.28. The molecule has 2 aliphatic rings. The van der Waals surface area contributed by atoms with Gasteiger partial charge in [-0.05, 0) is 50.8 Å². The lowest BCUT2D eigenvalue weighted by molar-refractivity contribution is -0.143. The number of benzene rings is 2. The Bertz CT molecular complexity index is 1180. The topological polar surface area (TPSA) is 53.1 Å². The molecule has 0 aromatic heterocycles. The van der Waals surface area contributed by atoms with Crippen LogP contribution in [0.3, 0.4) is 0 Å². The zero-order chi connectivity index (χ0) is 29.3. The Morgan fingerprint density at radius 2 is 1.55 bits per heavy atom. The number of halogens is 6. The van der Waals surface area contributed by atoms with Gasteiger partial charge in [0.25, 0.3) is 5.91 Å². The van der Waals surface area contributed by atoms with Gasteiger partial charge in [0.05, 0.1) is 11.1 Å². The predicted octanol–water partition coefficient (Wildman–Crippen LogP) is 5.89. The number of hydrogen-bond donors (Lipinski definition) is 0. The number of carbonyl (C=O) groups is 2. The molecule has 1 unspecified atom stereocenters. The molecule has 0 aliphatic carbocycles. The molecule has 4 rings (SSSR count). The zero-order valence-electron chi connectivity index (χ0n) is 22.2. The largest absolute Gasteiger partial charge is 0.442 e. The molecule has 2 amide bonds. The van der Waals surface area contributed by atoms with Crippen LogP contribution in [-0.4, -0.2) is 79.1 Å². The summed E-state index contributed by atoms with van der Waals surface area (Å²) < 4.78 is 86.0. The van der Waals surface area contributed by atoms with E-state index in [-0.39, 0.29) is 37.9 Å². The Labute approximate surface area is 228 Å². The summed E-state index contributed by atoms with van der Waals surface area (Å²) in [6.45, 7) is 1.69. The highest BCUT2D eigenvalue weighted by atomic mass is 19.4. The molecule has 1 spiro atoms. The summed E-state index contributed by atoms with van der Waals surface area (Å²) in [5.74, 6) is -1.16. The highest BCUT2D eigenvalue weighted by Gasteiger charge is 2.51. The minimum atomic E-state index is -5.06. The molecule has 6 nitrogen and oxygen atoms in total. The fourth-order valence-electron chi connectivity index (χ4n) is 5.43. The number of piperidine rings is 1. The van der Waals surface area contributed by atoms with Crippen LogP contribution in [0.15, 0.2) is 48.5 Å². The van der Waals surface area contributed by atoms with Gasteiger partial charge in [0.1, 0.15) is 5.60 Å². The first-order valence-corrected chi connectivity index (χ1v) is 13.0. The first-order valence-electron chi connectivity index (χ1n) is 13.0. The number of amides is 2. The van der Waals surface area contributed by atoms with Gasteiger partial charge in [-0.1, -0.05) is 30.3 Å². The maximum atomic E-state index is 13.3. The van der Waals surface area contributed by atoms with Crippen LogP contribution in [0, 0.1) is 0 Å². The molecule has 12 heteroatoms. The fourth-order valence-corrected chi connectivity index (χ4v) is 5.43. The minimum absolute atomic E-state index is 0.00178. The number of rotatable bonds is 6. The standard InChI is InChI=1S/C28H31F6N3O3/c1-35(2)11-6-12-37-18-23(19-7-4-3-5-8-19)26(40-25(37)39)9-13-36(14-10-26)24(38)20-15-21(27(29,30)31)17-22(16-20)28(32,33)34/h3-5,7-8,15-17,23H,6,9-14,18H2,1-2H3. The second-order valence-corrected chi connectivity index (χ2v) is 10.6. The van der Waals surface area contributed by atoms with E-state index in [0.717, 1.165) is 18.5 Å². The van der Waals surface area contributed by atoms with Crippen molar-refractivity contribution in [1.29, 1.82) is 0 Å². The third-order valence-corrected chi connectivity index (χ3v) is 7.55. The van der Waals surface area contributed by atoms with Gasteiger partial charge >= 0.3 is 18.4 Å². The van der Waals surface area contributed by atoms with E-state index >= 15 is 0 Å². The molecule has 0 radical (unpaired) electrons. The summed E-state index contributed by atoms with van der Waals surface area (Å²) in [4.78, 5) is 31.1. The fraction of sp³-hybridized carbons (Fsp3) is 0.500. The molecule has 0 bridgehead atoms. The summed E-state index contributed by atoms with van der Waals surface area (Å²) in [5, 5.41) is 0. The van der Waals surface area contributed by atoms with Crippen molar-refractivity contribution >= 4 is 12.0 Å². The average Bonchev–Trinajstić information content (AvgIpc) is 2.89. The lowest BCUT2D eigenvalue weighted by atomic mass is 9.74. The van der Waals surface area contributed by atoms with Crippen LogP contribution in [0.5, 0.6) is 0 Å². The first kappa shape index (κ1) is 29.7.